The molecule has 666 valence electrons. The highest BCUT2D eigenvalue weighted by Gasteiger charge is 2.51. The number of carbonyl (C=O) groups is 1. The van der Waals surface area contributed by atoms with Gasteiger partial charge in [-0.05, 0) is 32.9 Å². The van der Waals surface area contributed by atoms with E-state index in [2.05, 4.69) is 77.5 Å². The quantitative estimate of drug-likeness (QED) is 0.0297. The minimum Gasteiger partial charge on any atom is -0.479 e. The van der Waals surface area contributed by atoms with Gasteiger partial charge in [-0.2, -0.15) is 4.98 Å². The lowest BCUT2D eigenvalue weighted by Crippen LogP contribution is -2.35. The number of nitrogen functional groups attached to an aromatic ring is 1. The zero-order valence-electron chi connectivity index (χ0n) is 62.5. The fourth-order valence-corrected chi connectivity index (χ4v) is 14.5. The number of Topliss-reactive ketones (excluding diaryl/α,β-unsaturated/α-hetero) is 1. The number of carbonyl (C=O) groups excluding carboxylic acids is 1. The van der Waals surface area contributed by atoms with E-state index in [0.29, 0.717) is 39.5 Å². The number of aryl methyl sites for hydroxylation is 3. The van der Waals surface area contributed by atoms with Gasteiger partial charge >= 0.3 is 44.8 Å². The number of hydrogen-bond acceptors (Lipinski definition) is 40. The van der Waals surface area contributed by atoms with Crippen LogP contribution in [0, 0.1) is 20.8 Å². The van der Waals surface area contributed by atoms with Gasteiger partial charge in [-0.25, -0.2) is 72.1 Å². The third-order valence-corrected chi connectivity index (χ3v) is 21.1. The van der Waals surface area contributed by atoms with E-state index in [0.717, 1.165) is 4.57 Å². The van der Waals surface area contributed by atoms with Crippen molar-refractivity contribution in [2.75, 3.05) is 45.9 Å². The summed E-state index contributed by atoms with van der Waals surface area (Å²) >= 11 is 0. The molecule has 0 amide bonds. The number of nitrogens with two attached hydrogens (primary N) is 1. The summed E-state index contributed by atoms with van der Waals surface area (Å²) in [7, 11) is -20.7. The fourth-order valence-electron chi connectivity index (χ4n) is 12.8. The highest BCUT2D eigenvalue weighted by Crippen LogP contribution is 2.45. The van der Waals surface area contributed by atoms with E-state index in [-0.39, 0.29) is 63.3 Å². The number of aliphatic imine (C=N–C) groups is 1. The molecule has 63 heteroatoms. The first-order chi connectivity index (χ1) is 56.4. The second-order valence-corrected chi connectivity index (χ2v) is 33.1. The number of hydrogen-bond donors (Lipinski definition) is 23. The number of nitrogens with one attached hydrogen (secondary N) is 2. The van der Waals surface area contributed by atoms with E-state index in [4.69, 9.17) is 83.1 Å². The van der Waals surface area contributed by atoms with Gasteiger partial charge in [-0.1, -0.05) is 0 Å². The van der Waals surface area contributed by atoms with Crippen LogP contribution >= 0.6 is 39.1 Å². The maximum absolute atomic E-state index is 12.2. The number of aliphatic hydroxyl groups is 10. The molecular weight excluding hydrogens is 1740 g/mol. The lowest BCUT2D eigenvalue weighted by Gasteiger charge is -2.18. The Balaban J connectivity index is 0.000000148. The number of nitrogens with zero attached hydrogens (tertiary/aromatic N) is 15. The molecule has 5 fully saturated rings. The summed E-state index contributed by atoms with van der Waals surface area (Å²) < 4.78 is 115. The normalized spacial score (nSPS) is 28.1. The number of methoxy groups -OCH3 is 1. The van der Waals surface area contributed by atoms with Crippen LogP contribution in [0.25, 0.3) is 44.5 Å². The average molecular weight is 1820 g/mol. The molecule has 121 heavy (non-hydrogen) atoms. The number of imidazole rings is 4. The Hall–Kier alpha value is -8.16. The van der Waals surface area contributed by atoms with Crippen LogP contribution in [0.2, 0.25) is 0 Å². The minimum absolute atomic E-state index is 0.0632. The van der Waals surface area contributed by atoms with E-state index < -0.39 is 206 Å². The van der Waals surface area contributed by atoms with Crippen molar-refractivity contribution in [2.45, 2.75) is 150 Å². The maximum Gasteiger partial charge on any atom is 0.469 e. The molecule has 0 aromatic carbocycles. The Morgan fingerprint density at radius 3 is 1.36 bits per heavy atom. The van der Waals surface area contributed by atoms with Crippen molar-refractivity contribution in [1.29, 1.82) is 0 Å². The monoisotopic (exact) mass is 1820 g/mol. The molecule has 0 spiro atoms. The maximum atomic E-state index is 12.2. The van der Waals surface area contributed by atoms with Crippen LogP contribution in [0.4, 0.5) is 11.5 Å². The molecule has 0 saturated carbocycles. The Morgan fingerprint density at radius 2 is 0.901 bits per heavy atom. The third-order valence-electron chi connectivity index (χ3n) is 18.7. The van der Waals surface area contributed by atoms with Crippen LogP contribution in [0.5, 0.6) is 5.88 Å². The fraction of sp³-hybridized carbons (Fsp3) is 0.534. The van der Waals surface area contributed by atoms with Crippen molar-refractivity contribution in [3.63, 3.8) is 0 Å². The number of aliphatic hydroxyl groups excluding tert-OH is 10. The summed E-state index contributed by atoms with van der Waals surface area (Å²) in [6.45, 7) is 1.64. The summed E-state index contributed by atoms with van der Waals surface area (Å²) in [6, 6.07) is 3.32. The number of ketones is 1. The summed E-state index contributed by atoms with van der Waals surface area (Å²) in [6.07, 6.45) is -17.7. The van der Waals surface area contributed by atoms with Crippen molar-refractivity contribution >= 4 is 107 Å². The molecule has 5 saturated heterocycles. The standard InChI is InChI=1S/2C12H17N4O8P.C12H16N3O7P.C11H15N4O9P.C11H14N3O8P/c1-5-14-10-7(11(15-5)22-2)13-4-16(10)12-9(18)8(17)6(24-12)3-23-25(19,20)21;1-5-14-10-7(11(19)15(5)2)13-4-16(10)12-9(18)8(17)6(24-12)3-23-25(20,21)22;13-7-1-3-14-11-6(7)2-4-15(11)12-10(17)9(16)8(22-12)5-21-23(18,19)20;1-3-12-8-5(9(18)13-3)14-11(19)15(8)10-7(17)6(16)4(24-10)2-23-25(20,21)22;15-5-1-2-12-10-7(5)13-4-14(10)11-9(17)8(16)6(22-11)3-21-23(18,19)20/h4,6,8-9,12,17-18H,3H2,1-2H3,(H2,19,20,21);4,6,8-9,12,17-18H,3H2,1-2H3,(H2,20,21,22);1-4,8-10,12,16-17H,5H2,(H2,13,14)(H2,18,19,20);4,6-7,10,16-17H,2H2,1H3,(H,14,19)(H,12,13,18)(H2,20,21,22);2,4,6,8-9,11,16-17H,1,3H2,(H2,18,19,20)/t2*6-,8-,9-,12-;8-,9-,10-,12-;4-,6-,7-,10-;6-,8-,9-,11-/m11111/s1. The number of phosphoric acid groups is 5. The van der Waals surface area contributed by atoms with Gasteiger partial charge in [0.05, 0.1) is 59.1 Å². The van der Waals surface area contributed by atoms with E-state index in [9.17, 15) is 93.1 Å². The molecule has 24 N–H and O–H groups in total. The second-order valence-electron chi connectivity index (χ2n) is 26.9. The largest absolute Gasteiger partial charge is 0.479 e. The molecule has 6 aliphatic heterocycles. The van der Waals surface area contributed by atoms with Gasteiger partial charge in [0.15, 0.2) is 81.9 Å². The number of rotatable bonds is 21. The van der Waals surface area contributed by atoms with Crippen LogP contribution in [0.15, 0.2) is 62.9 Å². The van der Waals surface area contributed by atoms with Gasteiger partial charge in [-0.15, -0.1) is 0 Å². The first-order valence-corrected chi connectivity index (χ1v) is 42.4. The molecule has 58 nitrogen and oxygen atoms in total. The van der Waals surface area contributed by atoms with Crippen molar-refractivity contribution in [3.8, 4) is 5.88 Å². The van der Waals surface area contributed by atoms with Gasteiger partial charge in [0.2, 0.25) is 5.88 Å². The van der Waals surface area contributed by atoms with Gasteiger partial charge in [-0.3, -0.25) is 60.3 Å². The SMILES string of the molecule is COc1nc(C)nc2c1ncn2[C@@H]1O[C@H](COP(=O)(O)O)[C@@H](O)[C@H]1O.Cc1nc2c([nH]c(=O)n2[C@@H]2O[C@H](COP(=O)(O)O)[C@@H](O)[C@H]2O)c(=O)[nH]1.Cc1nc2c(ncn2[C@@H]2O[C@H](COP(=O)(O)O)[C@@H](O)[C@H]2O)c(=O)n1C.Nc1ccnc2c1ccn2[C@@H]1O[C@H](COP(=O)(O)O)[C@@H](O)[C@H]1O.O=C1CC=Nc2c1ncn2[C@@H]1O[C@H](COP(=O)(O)O)[C@@H](O)[C@H]1O. The summed E-state index contributed by atoms with van der Waals surface area (Å²) in [5.74, 6) is 1.22. The van der Waals surface area contributed by atoms with Crippen LogP contribution in [0.1, 0.15) is 65.5 Å². The Morgan fingerprint density at radius 1 is 0.488 bits per heavy atom. The Labute approximate surface area is 672 Å². The number of aromatic nitrogens is 16. The lowest BCUT2D eigenvalue weighted by atomic mass is 10.1. The predicted octanol–water partition coefficient (Wildman–Crippen LogP) is -7.26. The smallest absolute Gasteiger partial charge is 0.469 e. The molecule has 6 aliphatic rings. The van der Waals surface area contributed by atoms with Crippen LogP contribution in [0.3, 0.4) is 0 Å². The number of pyridine rings is 1. The zero-order chi connectivity index (χ0) is 88.9. The third kappa shape index (κ3) is 21.3. The summed E-state index contributed by atoms with van der Waals surface area (Å²) in [5, 5.41) is 101. The van der Waals surface area contributed by atoms with E-state index in [1.54, 1.807) is 39.2 Å². The van der Waals surface area contributed by atoms with E-state index in [1.807, 2.05) is 0 Å². The number of anilines is 1. The van der Waals surface area contributed by atoms with Gasteiger partial charge in [0.1, 0.15) is 115 Å². The highest BCUT2D eigenvalue weighted by molar-refractivity contribution is 7.47. The van der Waals surface area contributed by atoms with Gasteiger partial charge < -0.3 is 144 Å². The molecule has 0 aliphatic carbocycles. The topological polar surface area (TPSA) is 862 Å². The number of H-pyrrole nitrogens is 2. The number of fused-ring (bicyclic) bond motifs is 5. The first kappa shape index (κ1) is 93.5. The molecule has 20 atom stereocenters. The molecule has 9 aromatic heterocycles. The molecular formula is C58H79N18O40P5. The van der Waals surface area contributed by atoms with Crippen molar-refractivity contribution in [3.05, 3.63) is 97.9 Å². The minimum atomic E-state index is -4.81. The van der Waals surface area contributed by atoms with Crippen molar-refractivity contribution in [2.24, 2.45) is 12.0 Å². The van der Waals surface area contributed by atoms with E-state index in [1.165, 1.54) is 68.3 Å². The molecule has 0 radical (unpaired) electrons. The molecule has 0 bridgehead atoms. The van der Waals surface area contributed by atoms with Gasteiger partial charge in [0, 0.05) is 43.2 Å². The summed E-state index contributed by atoms with van der Waals surface area (Å²) in [5.41, 5.74) is 5.78. The predicted molar refractivity (Wildman–Crippen MR) is 393 cm³/mol. The van der Waals surface area contributed by atoms with Gasteiger partial charge in [0.25, 0.3) is 11.1 Å². The molecule has 9 aromatic rings. The highest BCUT2D eigenvalue weighted by atomic mass is 31.2. The zero-order valence-corrected chi connectivity index (χ0v) is 67.0. The lowest BCUT2D eigenvalue weighted by molar-refractivity contribution is -0.0517. The number of aromatic amines is 2. The molecule has 15 heterocycles. The van der Waals surface area contributed by atoms with E-state index >= 15 is 0 Å². The Kier molecular flexibility index (Phi) is 28.6. The number of ether oxygens (including phenoxy) is 6. The van der Waals surface area contributed by atoms with Crippen LogP contribution < -0.4 is 27.3 Å². The molecule has 15 rings (SSSR count). The number of phosphoric ester groups is 5. The first-order valence-electron chi connectivity index (χ1n) is 34.7. The Bertz CT molecular complexity index is 5730. The second kappa shape index (κ2) is 36.9. The van der Waals surface area contributed by atoms with Crippen molar-refractivity contribution in [1.82, 2.24) is 77.2 Å². The average Bonchev–Trinajstić information content (AvgIpc) is 1.63. The van der Waals surface area contributed by atoms with Crippen LogP contribution in [-0.4, -0.2) is 321 Å². The van der Waals surface area contributed by atoms with Crippen molar-refractivity contribution < 1.29 is 179 Å². The molecule has 0 unspecified atom stereocenters. The summed E-state index contributed by atoms with van der Waals surface area (Å²) in [4.78, 5) is 177. The van der Waals surface area contributed by atoms with Crippen LogP contribution in [-0.2, 0) is 76.2 Å².